The van der Waals surface area contributed by atoms with Gasteiger partial charge in [-0.15, -0.1) is 0 Å². The lowest BCUT2D eigenvalue weighted by atomic mass is 9.82. The molecule has 0 spiro atoms. The summed E-state index contributed by atoms with van der Waals surface area (Å²) in [5.41, 5.74) is 0. The summed E-state index contributed by atoms with van der Waals surface area (Å²) in [6.07, 6.45) is 2.40. The van der Waals surface area contributed by atoms with E-state index in [1.54, 1.807) is 0 Å². The minimum atomic E-state index is 0.456. The first kappa shape index (κ1) is 6.18. The van der Waals surface area contributed by atoms with Crippen molar-refractivity contribution in [2.24, 2.45) is 11.8 Å². The van der Waals surface area contributed by atoms with Crippen molar-refractivity contribution in [3.8, 4) is 0 Å². The fourth-order valence-electron chi connectivity index (χ4n) is 3.54. The summed E-state index contributed by atoms with van der Waals surface area (Å²) in [7, 11) is 2.33. The Balaban J connectivity index is 2.08. The van der Waals surface area contributed by atoms with Crippen LogP contribution in [-0.4, -0.2) is 36.4 Å². The van der Waals surface area contributed by atoms with E-state index in [4.69, 9.17) is 0 Å². The maximum absolute atomic E-state index is 11.6. The minimum absolute atomic E-state index is 0.456. The average molecular weight is 152 g/mol. The summed E-state index contributed by atoms with van der Waals surface area (Å²) < 4.78 is 1.22. The quantitative estimate of drug-likeness (QED) is 0.460. The zero-order chi connectivity index (χ0) is 7.64. The summed E-state index contributed by atoms with van der Waals surface area (Å²) in [5.74, 6) is 1.50. The molecular weight excluding hydrogens is 138 g/mol. The molecule has 2 nitrogen and oxygen atoms in total. The Bertz CT molecular complexity index is 218. The van der Waals surface area contributed by atoms with Gasteiger partial charge in [0.1, 0.15) is 0 Å². The Morgan fingerprint density at radius 3 is 2.27 bits per heavy atom. The second kappa shape index (κ2) is 1.53. The predicted molar refractivity (Wildman–Crippen MR) is 40.9 cm³/mol. The Morgan fingerprint density at radius 2 is 1.82 bits per heavy atom. The molecule has 0 aromatic carbocycles. The van der Waals surface area contributed by atoms with Gasteiger partial charge in [-0.1, -0.05) is 0 Å². The van der Waals surface area contributed by atoms with Crippen LogP contribution in [0.15, 0.2) is 0 Å². The molecule has 0 aromatic rings. The molecule has 60 valence electrons. The van der Waals surface area contributed by atoms with Gasteiger partial charge in [0.2, 0.25) is 0 Å². The van der Waals surface area contributed by atoms with Crippen molar-refractivity contribution in [3.05, 3.63) is 0 Å². The van der Waals surface area contributed by atoms with E-state index in [0.717, 1.165) is 19.1 Å². The van der Waals surface area contributed by atoms with E-state index in [9.17, 15) is 4.79 Å². The van der Waals surface area contributed by atoms with Crippen LogP contribution in [0.3, 0.4) is 0 Å². The van der Waals surface area contributed by atoms with Crippen LogP contribution in [0.4, 0.5) is 0 Å². The van der Waals surface area contributed by atoms with Crippen LogP contribution in [0.1, 0.15) is 12.8 Å². The van der Waals surface area contributed by atoms with Gasteiger partial charge in [0.25, 0.3) is 0 Å². The molecule has 0 N–H and O–H groups in total. The lowest BCUT2D eigenvalue weighted by Gasteiger charge is -2.31. The number of quaternary nitrogens is 1. The third kappa shape index (κ3) is 0.560. The van der Waals surface area contributed by atoms with Crippen molar-refractivity contribution in [3.63, 3.8) is 0 Å². The molecule has 4 aliphatic rings. The van der Waals surface area contributed by atoms with Gasteiger partial charge < -0.3 is 4.48 Å². The first-order valence-corrected chi connectivity index (χ1v) is 4.57. The molecule has 0 amide bonds. The van der Waals surface area contributed by atoms with Crippen LogP contribution in [-0.2, 0) is 4.79 Å². The van der Waals surface area contributed by atoms with Crippen molar-refractivity contribution < 1.29 is 9.28 Å². The van der Waals surface area contributed by atoms with Gasteiger partial charge in [0.15, 0.2) is 5.78 Å². The fraction of sp³-hybridized carbons (Fsp3) is 0.889. The number of nitrogens with zero attached hydrogens (tertiary/aromatic N) is 1. The molecule has 0 radical (unpaired) electrons. The number of piperidine rings is 1. The summed E-state index contributed by atoms with van der Waals surface area (Å²) in [6.45, 7) is 2.31. The molecule has 1 saturated carbocycles. The lowest BCUT2D eigenvalue weighted by Crippen LogP contribution is -2.48. The van der Waals surface area contributed by atoms with Gasteiger partial charge in [-0.05, 0) is 0 Å². The van der Waals surface area contributed by atoms with Crippen molar-refractivity contribution >= 4 is 5.78 Å². The summed E-state index contributed by atoms with van der Waals surface area (Å²) in [4.78, 5) is 11.6. The average Bonchev–Trinajstić information content (AvgIpc) is 2.31. The monoisotopic (exact) mass is 152 g/mol. The smallest absolute Gasteiger partial charge is 0.150 e. The Morgan fingerprint density at radius 1 is 1.27 bits per heavy atom. The number of rotatable bonds is 0. The molecule has 4 rings (SSSR count). The maximum Gasteiger partial charge on any atom is 0.150 e. The molecule has 4 fully saturated rings. The minimum Gasteiger partial charge on any atom is -0.322 e. The van der Waals surface area contributed by atoms with E-state index < -0.39 is 0 Å². The van der Waals surface area contributed by atoms with Crippen LogP contribution in [0.25, 0.3) is 0 Å². The molecule has 0 aromatic heterocycles. The number of carbonyl (C=O) groups excluding carboxylic acids is 1. The zero-order valence-corrected chi connectivity index (χ0v) is 6.92. The van der Waals surface area contributed by atoms with E-state index in [1.807, 2.05) is 0 Å². The maximum atomic E-state index is 11.6. The third-order valence-electron chi connectivity index (χ3n) is 4.07. The second-order valence-electron chi connectivity index (χ2n) is 4.77. The largest absolute Gasteiger partial charge is 0.322 e. The third-order valence-corrected chi connectivity index (χ3v) is 4.07. The molecule has 3 saturated heterocycles. The first-order chi connectivity index (χ1) is 5.19. The second-order valence-corrected chi connectivity index (χ2v) is 4.77. The zero-order valence-electron chi connectivity index (χ0n) is 6.92. The number of carbonyl (C=O) groups is 1. The molecule has 1 aliphatic carbocycles. The van der Waals surface area contributed by atoms with Crippen molar-refractivity contribution in [1.82, 2.24) is 0 Å². The van der Waals surface area contributed by atoms with Crippen LogP contribution >= 0.6 is 0 Å². The van der Waals surface area contributed by atoms with Gasteiger partial charge in [-0.3, -0.25) is 4.79 Å². The van der Waals surface area contributed by atoms with Crippen molar-refractivity contribution in [2.45, 2.75) is 18.9 Å². The highest BCUT2D eigenvalue weighted by atomic mass is 16.1. The van der Waals surface area contributed by atoms with Gasteiger partial charge in [-0.25, -0.2) is 0 Å². The van der Waals surface area contributed by atoms with Gasteiger partial charge in [-0.2, -0.15) is 0 Å². The molecule has 2 unspecified atom stereocenters. The SMILES string of the molecule is C[N+]12CC3CC1CC(C2)C3=O. The molecule has 2 heteroatoms. The number of hydrogen-bond acceptors (Lipinski definition) is 1. The van der Waals surface area contributed by atoms with E-state index in [0.29, 0.717) is 17.6 Å². The standard InChI is InChI=1S/C9H14NO/c1-10-4-6-2-8(10)3-7(5-10)9(6)11/h6-8H,2-5H2,1H3/q+1. The summed E-state index contributed by atoms with van der Waals surface area (Å²) in [6, 6.07) is 0.850. The molecule has 3 heterocycles. The first-order valence-electron chi connectivity index (χ1n) is 4.57. The summed E-state index contributed by atoms with van der Waals surface area (Å²) in [5, 5.41) is 0. The molecule has 3 aliphatic heterocycles. The number of hydrogen-bond donors (Lipinski definition) is 0. The normalized spacial score (nSPS) is 59.4. The predicted octanol–water partition coefficient (Wildman–Crippen LogP) is 0.424. The highest BCUT2D eigenvalue weighted by Crippen LogP contribution is 2.47. The molecular formula is C9H14NO+. The highest BCUT2D eigenvalue weighted by molar-refractivity contribution is 5.85. The van der Waals surface area contributed by atoms with E-state index in [-0.39, 0.29) is 0 Å². The molecule has 4 bridgehead atoms. The van der Waals surface area contributed by atoms with Crippen LogP contribution in [0, 0.1) is 11.8 Å². The highest BCUT2D eigenvalue weighted by Gasteiger charge is 2.60. The van der Waals surface area contributed by atoms with E-state index in [2.05, 4.69) is 7.05 Å². The summed E-state index contributed by atoms with van der Waals surface area (Å²) >= 11 is 0. The van der Waals surface area contributed by atoms with Gasteiger partial charge in [0.05, 0.1) is 38.0 Å². The lowest BCUT2D eigenvalue weighted by molar-refractivity contribution is -0.911. The van der Waals surface area contributed by atoms with E-state index in [1.165, 1.54) is 17.3 Å². The Kier molecular flexibility index (Phi) is 0.861. The van der Waals surface area contributed by atoms with Crippen LogP contribution < -0.4 is 0 Å². The topological polar surface area (TPSA) is 17.1 Å². The molecule has 2 atom stereocenters. The van der Waals surface area contributed by atoms with E-state index >= 15 is 0 Å². The van der Waals surface area contributed by atoms with Crippen LogP contribution in [0.2, 0.25) is 0 Å². The Labute approximate surface area is 66.8 Å². The van der Waals surface area contributed by atoms with Crippen LogP contribution in [0.5, 0.6) is 0 Å². The van der Waals surface area contributed by atoms with Gasteiger partial charge in [0, 0.05) is 12.8 Å². The number of Topliss-reactive ketones (excluding diaryl/α,β-unsaturated/α-hetero) is 1. The number of ketones is 1. The van der Waals surface area contributed by atoms with Crippen molar-refractivity contribution in [2.75, 3.05) is 20.1 Å². The van der Waals surface area contributed by atoms with Gasteiger partial charge >= 0.3 is 0 Å². The molecule has 11 heavy (non-hydrogen) atoms. The Hall–Kier alpha value is -0.370. The fourth-order valence-corrected chi connectivity index (χ4v) is 3.54. The van der Waals surface area contributed by atoms with Crippen molar-refractivity contribution in [1.29, 1.82) is 0 Å².